The summed E-state index contributed by atoms with van der Waals surface area (Å²) in [4.78, 5) is 12.6. The van der Waals surface area contributed by atoms with E-state index in [9.17, 15) is 34.8 Å². The molecule has 43 heavy (non-hydrogen) atoms. The Kier molecular flexibility index (Phi) is 8.82. The molecule has 0 atom stereocenters. The number of amides is 1. The lowest BCUT2D eigenvalue weighted by Crippen LogP contribution is -2.18. The molecular weight excluding hydrogens is 627 g/mol. The number of alkyl halides is 3. The number of hydrogen-bond donors (Lipinski definition) is 3. The van der Waals surface area contributed by atoms with Crippen molar-refractivity contribution in [2.24, 2.45) is 0 Å². The Morgan fingerprint density at radius 3 is 2.00 bits per heavy atom. The Labute approximate surface area is 252 Å². The van der Waals surface area contributed by atoms with Crippen LogP contribution < -0.4 is 14.8 Å². The molecule has 4 aromatic rings. The highest BCUT2D eigenvalue weighted by atomic mass is 35.5. The molecule has 8 nitrogen and oxygen atoms in total. The van der Waals surface area contributed by atoms with E-state index in [4.69, 9.17) is 11.6 Å². The molecule has 0 saturated carbocycles. The minimum atomic E-state index is -4.78. The molecule has 0 saturated heterocycles. The maximum Gasteiger partial charge on any atom is 0.417 e. The SMILES string of the molecule is Cc1ccc(NS(=O)(=O)c2cc(C(=O)Nc3ccc(S(=O)(=O)Nc4ccc(Cl)c(C(F)(F)F)c4)cc3)ccc2C)c(C)c1. The van der Waals surface area contributed by atoms with Crippen molar-refractivity contribution >= 4 is 54.6 Å². The molecule has 3 N–H and O–H groups in total. The number of anilines is 3. The zero-order valence-corrected chi connectivity index (χ0v) is 25.3. The summed E-state index contributed by atoms with van der Waals surface area (Å²) in [6, 6.07) is 16.9. The van der Waals surface area contributed by atoms with Crippen LogP contribution in [0.2, 0.25) is 5.02 Å². The van der Waals surface area contributed by atoms with Gasteiger partial charge in [-0.3, -0.25) is 14.2 Å². The van der Waals surface area contributed by atoms with Crippen molar-refractivity contribution in [3.05, 3.63) is 112 Å². The van der Waals surface area contributed by atoms with E-state index in [-0.39, 0.29) is 26.7 Å². The number of carbonyl (C=O) groups excluding carboxylic acids is 1. The second-order valence-electron chi connectivity index (χ2n) is 9.68. The van der Waals surface area contributed by atoms with E-state index in [0.717, 1.165) is 35.4 Å². The molecule has 0 aliphatic heterocycles. The topological polar surface area (TPSA) is 121 Å². The summed E-state index contributed by atoms with van der Waals surface area (Å²) < 4.78 is 95.9. The average molecular weight is 652 g/mol. The van der Waals surface area contributed by atoms with Crippen LogP contribution in [-0.2, 0) is 26.2 Å². The Bertz CT molecular complexity index is 1930. The highest BCUT2D eigenvalue weighted by molar-refractivity contribution is 7.93. The predicted octanol–water partition coefficient (Wildman–Crippen LogP) is 7.14. The van der Waals surface area contributed by atoms with Gasteiger partial charge >= 0.3 is 6.18 Å². The fourth-order valence-corrected chi connectivity index (χ4v) is 6.78. The van der Waals surface area contributed by atoms with Crippen LogP contribution in [0.4, 0.5) is 30.2 Å². The van der Waals surface area contributed by atoms with E-state index < -0.39 is 42.7 Å². The molecule has 226 valence electrons. The lowest BCUT2D eigenvalue weighted by Gasteiger charge is -2.14. The van der Waals surface area contributed by atoms with Gasteiger partial charge in [-0.1, -0.05) is 35.4 Å². The summed E-state index contributed by atoms with van der Waals surface area (Å²) >= 11 is 5.59. The van der Waals surface area contributed by atoms with Gasteiger partial charge < -0.3 is 5.32 Å². The number of aryl methyl sites for hydroxylation is 3. The third-order valence-electron chi connectivity index (χ3n) is 6.31. The van der Waals surface area contributed by atoms with Gasteiger partial charge in [0.05, 0.1) is 26.1 Å². The number of rotatable bonds is 8. The highest BCUT2D eigenvalue weighted by Gasteiger charge is 2.33. The van der Waals surface area contributed by atoms with E-state index in [1.165, 1.54) is 30.3 Å². The van der Waals surface area contributed by atoms with Crippen LogP contribution in [-0.4, -0.2) is 22.7 Å². The van der Waals surface area contributed by atoms with Gasteiger partial charge in [-0.15, -0.1) is 0 Å². The first-order chi connectivity index (χ1) is 20.0. The molecule has 1 amide bonds. The van der Waals surface area contributed by atoms with E-state index in [0.29, 0.717) is 17.3 Å². The maximum absolute atomic E-state index is 13.2. The third kappa shape index (κ3) is 7.48. The second kappa shape index (κ2) is 11.9. The van der Waals surface area contributed by atoms with Crippen LogP contribution in [0.15, 0.2) is 88.7 Å². The van der Waals surface area contributed by atoms with Gasteiger partial charge in [-0.25, -0.2) is 16.8 Å². The zero-order valence-electron chi connectivity index (χ0n) is 22.9. The fourth-order valence-electron chi connectivity index (χ4n) is 4.10. The molecule has 0 fully saturated rings. The summed E-state index contributed by atoms with van der Waals surface area (Å²) in [6.07, 6.45) is -4.78. The predicted molar refractivity (Wildman–Crippen MR) is 160 cm³/mol. The van der Waals surface area contributed by atoms with Gasteiger partial charge in [-0.2, -0.15) is 13.2 Å². The van der Waals surface area contributed by atoms with Crippen molar-refractivity contribution in [3.8, 4) is 0 Å². The molecular formula is C29H25ClF3N3O5S2. The van der Waals surface area contributed by atoms with Crippen LogP contribution in [0.25, 0.3) is 0 Å². The Hall–Kier alpha value is -4.07. The fraction of sp³-hybridized carbons (Fsp3) is 0.138. The number of carbonyl (C=O) groups is 1. The van der Waals surface area contributed by atoms with Gasteiger partial charge in [0.2, 0.25) is 0 Å². The monoisotopic (exact) mass is 651 g/mol. The number of halogens is 4. The van der Waals surface area contributed by atoms with Crippen molar-refractivity contribution in [1.29, 1.82) is 0 Å². The Morgan fingerprint density at radius 1 is 0.721 bits per heavy atom. The summed E-state index contributed by atoms with van der Waals surface area (Å²) in [5.41, 5.74) is 1.21. The molecule has 0 spiro atoms. The summed E-state index contributed by atoms with van der Waals surface area (Å²) in [5, 5.41) is 1.99. The molecule has 4 rings (SSSR count). The van der Waals surface area contributed by atoms with E-state index >= 15 is 0 Å². The van der Waals surface area contributed by atoms with Gasteiger partial charge in [0.15, 0.2) is 0 Å². The lowest BCUT2D eigenvalue weighted by molar-refractivity contribution is -0.137. The van der Waals surface area contributed by atoms with Crippen LogP contribution >= 0.6 is 11.6 Å². The molecule has 0 aromatic heterocycles. The minimum absolute atomic E-state index is 0.0353. The normalized spacial score (nSPS) is 12.1. The standard InChI is InChI=1S/C29H25ClF3N3O5S2/c1-17-4-13-26(19(3)14-17)36-43(40,41)27-15-20(6-5-18(27)2)28(37)34-21-7-10-23(11-8-21)42(38,39)35-22-9-12-25(30)24(16-22)29(31,32)33/h4-16,35-36H,1-3H3,(H,34,37). The first-order valence-electron chi connectivity index (χ1n) is 12.5. The number of sulfonamides is 2. The molecule has 0 bridgehead atoms. The number of benzene rings is 4. The molecule has 0 unspecified atom stereocenters. The van der Waals surface area contributed by atoms with Crippen molar-refractivity contribution in [3.63, 3.8) is 0 Å². The van der Waals surface area contributed by atoms with Gasteiger partial charge in [-0.05, 0) is 92.6 Å². The number of hydrogen-bond acceptors (Lipinski definition) is 5. The van der Waals surface area contributed by atoms with E-state index in [1.807, 2.05) is 13.0 Å². The molecule has 0 aliphatic carbocycles. The molecule has 14 heteroatoms. The largest absolute Gasteiger partial charge is 0.417 e. The molecule has 0 aliphatic rings. The smallest absolute Gasteiger partial charge is 0.322 e. The van der Waals surface area contributed by atoms with Crippen LogP contribution in [0.3, 0.4) is 0 Å². The Balaban J connectivity index is 1.50. The highest BCUT2D eigenvalue weighted by Crippen LogP contribution is 2.36. The Morgan fingerprint density at radius 2 is 1.37 bits per heavy atom. The van der Waals surface area contributed by atoms with Crippen LogP contribution in [0, 0.1) is 20.8 Å². The number of nitrogens with one attached hydrogen (secondary N) is 3. The van der Waals surface area contributed by atoms with Crippen molar-refractivity contribution in [2.75, 3.05) is 14.8 Å². The second-order valence-corrected chi connectivity index (χ2v) is 13.4. The summed E-state index contributed by atoms with van der Waals surface area (Å²) in [5.74, 6) is -0.655. The first-order valence-corrected chi connectivity index (χ1v) is 15.8. The van der Waals surface area contributed by atoms with Gasteiger partial charge in [0, 0.05) is 16.9 Å². The minimum Gasteiger partial charge on any atom is -0.322 e. The lowest BCUT2D eigenvalue weighted by atomic mass is 10.1. The zero-order chi connectivity index (χ0) is 31.7. The molecule has 0 radical (unpaired) electrons. The maximum atomic E-state index is 13.2. The molecule has 4 aromatic carbocycles. The summed E-state index contributed by atoms with van der Waals surface area (Å²) in [6.45, 7) is 5.26. The quantitative estimate of drug-likeness (QED) is 0.187. The van der Waals surface area contributed by atoms with Gasteiger partial charge in [0.25, 0.3) is 26.0 Å². The van der Waals surface area contributed by atoms with Gasteiger partial charge in [0.1, 0.15) is 0 Å². The third-order valence-corrected chi connectivity index (χ3v) is 9.55. The van der Waals surface area contributed by atoms with Crippen molar-refractivity contribution in [1.82, 2.24) is 0 Å². The van der Waals surface area contributed by atoms with E-state index in [2.05, 4.69) is 14.8 Å². The van der Waals surface area contributed by atoms with Crippen molar-refractivity contribution in [2.45, 2.75) is 36.7 Å². The van der Waals surface area contributed by atoms with Crippen LogP contribution in [0.1, 0.15) is 32.6 Å². The van der Waals surface area contributed by atoms with E-state index in [1.54, 1.807) is 26.0 Å². The molecule has 0 heterocycles. The van der Waals surface area contributed by atoms with Crippen molar-refractivity contribution < 1.29 is 34.8 Å². The summed E-state index contributed by atoms with van der Waals surface area (Å²) in [7, 11) is -8.33. The van der Waals surface area contributed by atoms with Crippen LogP contribution in [0.5, 0.6) is 0 Å². The average Bonchev–Trinajstić information content (AvgIpc) is 2.91. The first kappa shape index (κ1) is 31.9.